The van der Waals surface area contributed by atoms with Gasteiger partial charge in [0, 0.05) is 6.42 Å². The second-order valence-electron chi connectivity index (χ2n) is 5.06. The van der Waals surface area contributed by atoms with E-state index in [9.17, 15) is 4.79 Å². The number of methoxy groups -OCH3 is 1. The van der Waals surface area contributed by atoms with Gasteiger partial charge in [-0.3, -0.25) is 0 Å². The third-order valence-electron chi connectivity index (χ3n) is 3.29. The van der Waals surface area contributed by atoms with E-state index in [1.165, 1.54) is 20.0 Å². The Morgan fingerprint density at radius 3 is 3.05 bits per heavy atom. The van der Waals surface area contributed by atoms with Gasteiger partial charge in [-0.25, -0.2) is 4.79 Å². The number of nitrogens with zero attached hydrogens (tertiary/aromatic N) is 2. The lowest BCUT2D eigenvalue weighted by atomic mass is 10.2. The predicted molar refractivity (Wildman–Crippen MR) is 72.8 cm³/mol. The molecule has 21 heavy (non-hydrogen) atoms. The molecule has 0 aliphatic heterocycles. The van der Waals surface area contributed by atoms with Gasteiger partial charge in [-0.05, 0) is 37.0 Å². The van der Waals surface area contributed by atoms with Gasteiger partial charge in [0.25, 0.3) is 0 Å². The Hall–Kier alpha value is -2.37. The molecule has 2 aromatic rings. The van der Waals surface area contributed by atoms with Gasteiger partial charge in [-0.1, -0.05) is 11.2 Å². The van der Waals surface area contributed by atoms with Crippen LogP contribution in [0.3, 0.4) is 0 Å². The topological polar surface area (TPSA) is 74.5 Å². The van der Waals surface area contributed by atoms with Crippen LogP contribution in [0.4, 0.5) is 0 Å². The maximum atomic E-state index is 11.4. The summed E-state index contributed by atoms with van der Waals surface area (Å²) in [5.41, 5.74) is 0.442. The van der Waals surface area contributed by atoms with Gasteiger partial charge in [0.15, 0.2) is 6.61 Å². The highest BCUT2D eigenvalue weighted by molar-refractivity contribution is 5.89. The average molecular weight is 288 g/mol. The Kier molecular flexibility index (Phi) is 3.85. The van der Waals surface area contributed by atoms with E-state index >= 15 is 0 Å². The largest absolute Gasteiger partial charge is 0.485 e. The fourth-order valence-electron chi connectivity index (χ4n) is 1.98. The van der Waals surface area contributed by atoms with Crippen molar-refractivity contribution < 1.29 is 18.8 Å². The molecule has 1 fully saturated rings. The molecule has 0 atom stereocenters. The lowest BCUT2D eigenvalue weighted by molar-refractivity contribution is 0.0600. The summed E-state index contributed by atoms with van der Waals surface area (Å²) >= 11 is 0. The number of rotatable bonds is 6. The van der Waals surface area contributed by atoms with Gasteiger partial charge in [-0.2, -0.15) is 4.98 Å². The van der Waals surface area contributed by atoms with Crippen LogP contribution in [0, 0.1) is 5.92 Å². The van der Waals surface area contributed by atoms with E-state index in [2.05, 4.69) is 14.9 Å². The minimum atomic E-state index is -0.397. The van der Waals surface area contributed by atoms with Crippen LogP contribution in [0.5, 0.6) is 5.75 Å². The zero-order chi connectivity index (χ0) is 14.7. The smallest absolute Gasteiger partial charge is 0.337 e. The Bertz CT molecular complexity index is 634. The van der Waals surface area contributed by atoms with Crippen molar-refractivity contribution in [2.24, 2.45) is 5.92 Å². The van der Waals surface area contributed by atoms with Crippen LogP contribution in [-0.4, -0.2) is 23.2 Å². The van der Waals surface area contributed by atoms with Crippen molar-refractivity contribution in [2.75, 3.05) is 7.11 Å². The van der Waals surface area contributed by atoms with Crippen molar-refractivity contribution in [3.8, 4) is 5.75 Å². The molecule has 0 saturated heterocycles. The Morgan fingerprint density at radius 1 is 1.43 bits per heavy atom. The molecule has 0 spiro atoms. The van der Waals surface area contributed by atoms with E-state index in [1.807, 2.05) is 0 Å². The highest BCUT2D eigenvalue weighted by Crippen LogP contribution is 2.32. The molecule has 1 aliphatic rings. The summed E-state index contributed by atoms with van der Waals surface area (Å²) in [6.07, 6.45) is 3.34. The summed E-state index contributed by atoms with van der Waals surface area (Å²) in [6.45, 7) is 0.207. The second kappa shape index (κ2) is 5.95. The molecule has 0 unspecified atom stereocenters. The normalized spacial score (nSPS) is 14.0. The number of hydrogen-bond donors (Lipinski definition) is 0. The maximum absolute atomic E-state index is 11.4. The molecule has 1 saturated carbocycles. The molecule has 0 amide bonds. The molecule has 0 bridgehead atoms. The van der Waals surface area contributed by atoms with Crippen molar-refractivity contribution >= 4 is 5.97 Å². The quantitative estimate of drug-likeness (QED) is 0.760. The van der Waals surface area contributed by atoms with Crippen LogP contribution in [0.1, 0.15) is 34.9 Å². The summed E-state index contributed by atoms with van der Waals surface area (Å²) in [7, 11) is 1.34. The number of aromatic nitrogens is 2. The van der Waals surface area contributed by atoms with Gasteiger partial charge < -0.3 is 14.0 Å². The highest BCUT2D eigenvalue weighted by Gasteiger charge is 2.24. The van der Waals surface area contributed by atoms with E-state index in [0.717, 1.165) is 6.42 Å². The standard InChI is InChI=1S/C15H16N2O4/c1-19-15(18)11-3-2-4-12(8-11)20-9-13-16-14(21-17-13)7-10-5-6-10/h2-4,8,10H,5-7,9H2,1H3. The van der Waals surface area contributed by atoms with Gasteiger partial charge in [-0.15, -0.1) is 0 Å². The fourth-order valence-corrected chi connectivity index (χ4v) is 1.98. The van der Waals surface area contributed by atoms with Crippen molar-refractivity contribution in [3.63, 3.8) is 0 Å². The van der Waals surface area contributed by atoms with Crippen LogP contribution in [0.15, 0.2) is 28.8 Å². The molecule has 1 heterocycles. The van der Waals surface area contributed by atoms with E-state index in [4.69, 9.17) is 9.26 Å². The first-order valence-electron chi connectivity index (χ1n) is 6.87. The van der Waals surface area contributed by atoms with Gasteiger partial charge in [0.05, 0.1) is 12.7 Å². The maximum Gasteiger partial charge on any atom is 0.337 e. The molecule has 1 aliphatic carbocycles. The zero-order valence-electron chi connectivity index (χ0n) is 11.7. The average Bonchev–Trinajstić information content (AvgIpc) is 3.21. The first-order valence-corrected chi connectivity index (χ1v) is 6.87. The number of esters is 1. The lowest BCUT2D eigenvalue weighted by Gasteiger charge is -2.05. The lowest BCUT2D eigenvalue weighted by Crippen LogP contribution is -2.02. The minimum absolute atomic E-state index is 0.207. The molecule has 110 valence electrons. The molecule has 3 rings (SSSR count). The van der Waals surface area contributed by atoms with Gasteiger partial charge >= 0.3 is 5.97 Å². The van der Waals surface area contributed by atoms with Gasteiger partial charge in [0.1, 0.15) is 5.75 Å². The summed E-state index contributed by atoms with van der Waals surface area (Å²) in [6, 6.07) is 6.78. The van der Waals surface area contributed by atoms with Crippen LogP contribution < -0.4 is 4.74 Å². The second-order valence-corrected chi connectivity index (χ2v) is 5.06. The molecule has 6 nitrogen and oxygen atoms in total. The summed E-state index contributed by atoms with van der Waals surface area (Å²) in [4.78, 5) is 15.7. The SMILES string of the molecule is COC(=O)c1cccc(OCc2noc(CC3CC3)n2)c1. The molecule has 0 radical (unpaired) electrons. The van der Waals surface area contributed by atoms with E-state index < -0.39 is 5.97 Å². The first-order chi connectivity index (χ1) is 10.2. The Labute approximate surface area is 122 Å². The summed E-state index contributed by atoms with van der Waals surface area (Å²) < 4.78 is 15.4. The number of carbonyl (C=O) groups is 1. The van der Waals surface area contributed by atoms with Crippen molar-refractivity contribution in [1.29, 1.82) is 0 Å². The van der Waals surface area contributed by atoms with E-state index in [0.29, 0.717) is 28.9 Å². The van der Waals surface area contributed by atoms with E-state index in [1.54, 1.807) is 24.3 Å². The minimum Gasteiger partial charge on any atom is -0.485 e. The number of benzene rings is 1. The summed E-state index contributed by atoms with van der Waals surface area (Å²) in [5.74, 6) is 2.04. The number of hydrogen-bond acceptors (Lipinski definition) is 6. The number of carbonyl (C=O) groups excluding carboxylic acids is 1. The van der Waals surface area contributed by atoms with Crippen molar-refractivity contribution in [1.82, 2.24) is 10.1 Å². The Morgan fingerprint density at radius 2 is 2.29 bits per heavy atom. The van der Waals surface area contributed by atoms with Crippen molar-refractivity contribution in [3.05, 3.63) is 41.5 Å². The Balaban J connectivity index is 1.58. The third kappa shape index (κ3) is 3.59. The van der Waals surface area contributed by atoms with E-state index in [-0.39, 0.29) is 6.61 Å². The summed E-state index contributed by atoms with van der Waals surface area (Å²) in [5, 5.41) is 3.88. The molecular weight excluding hydrogens is 272 g/mol. The third-order valence-corrected chi connectivity index (χ3v) is 3.29. The first kappa shape index (κ1) is 13.6. The van der Waals surface area contributed by atoms with Gasteiger partial charge in [0.2, 0.25) is 11.7 Å². The molecule has 0 N–H and O–H groups in total. The molecule has 1 aromatic carbocycles. The predicted octanol–water partition coefficient (Wildman–Crippen LogP) is 2.39. The highest BCUT2D eigenvalue weighted by atomic mass is 16.5. The number of ether oxygens (including phenoxy) is 2. The fraction of sp³-hybridized carbons (Fsp3) is 0.400. The van der Waals surface area contributed by atoms with Crippen molar-refractivity contribution in [2.45, 2.75) is 25.9 Å². The molecular formula is C15H16N2O4. The van der Waals surface area contributed by atoms with Crippen LogP contribution >= 0.6 is 0 Å². The molecule has 1 aromatic heterocycles. The van der Waals surface area contributed by atoms with Crippen LogP contribution in [0.2, 0.25) is 0 Å². The molecule has 6 heteroatoms. The zero-order valence-corrected chi connectivity index (χ0v) is 11.7. The van der Waals surface area contributed by atoms with Crippen LogP contribution in [-0.2, 0) is 17.8 Å². The van der Waals surface area contributed by atoms with Crippen LogP contribution in [0.25, 0.3) is 0 Å². The monoisotopic (exact) mass is 288 g/mol.